The van der Waals surface area contributed by atoms with Gasteiger partial charge in [0.15, 0.2) is 0 Å². The Kier molecular flexibility index (Phi) is 5.47. The quantitative estimate of drug-likeness (QED) is 0.833. The molecule has 4 heteroatoms. The number of nitrogens with zero attached hydrogens (tertiary/aromatic N) is 1. The third kappa shape index (κ3) is 3.96. The highest BCUT2D eigenvalue weighted by molar-refractivity contribution is 5.98. The molecule has 0 radical (unpaired) electrons. The molecule has 1 saturated carbocycles. The normalized spacial score (nSPS) is 18.0. The van der Waals surface area contributed by atoms with Gasteiger partial charge in [-0.1, -0.05) is 67.3 Å². The maximum atomic E-state index is 13.0. The molecule has 0 aromatic heterocycles. The second-order valence-corrected chi connectivity index (χ2v) is 8.12. The Balaban J connectivity index is 1.55. The number of carbonyl (C=O) groups excluding carboxylic acids is 2. The van der Waals surface area contributed by atoms with Gasteiger partial charge in [0.2, 0.25) is 5.91 Å². The van der Waals surface area contributed by atoms with E-state index >= 15 is 0 Å². The van der Waals surface area contributed by atoms with E-state index in [1.807, 2.05) is 48.2 Å². The predicted molar refractivity (Wildman–Crippen MR) is 110 cm³/mol. The molecular formula is C24H28N2O2. The molecule has 2 aliphatic rings. The summed E-state index contributed by atoms with van der Waals surface area (Å²) >= 11 is 0. The number of rotatable bonds is 5. The number of carbonyl (C=O) groups is 2. The van der Waals surface area contributed by atoms with E-state index in [0.29, 0.717) is 13.0 Å². The standard InChI is InChI=1S/C24H28N2O2/c1-17-11-13-18(14-12-17)22(15-23(27)25-20-8-3-2-4-9-20)26-16-19-7-5-6-10-21(19)24(26)28/h5-7,10-14,20,22H,2-4,8-9,15-16H2,1H3,(H,25,27). The van der Waals surface area contributed by atoms with E-state index < -0.39 is 0 Å². The molecule has 28 heavy (non-hydrogen) atoms. The summed E-state index contributed by atoms with van der Waals surface area (Å²) in [5.74, 6) is 0.0628. The Morgan fingerprint density at radius 2 is 1.79 bits per heavy atom. The van der Waals surface area contributed by atoms with Gasteiger partial charge < -0.3 is 10.2 Å². The van der Waals surface area contributed by atoms with Gasteiger partial charge in [-0.05, 0) is 37.0 Å². The summed E-state index contributed by atoms with van der Waals surface area (Å²) in [6.45, 7) is 2.61. The lowest BCUT2D eigenvalue weighted by Crippen LogP contribution is -2.39. The average molecular weight is 377 g/mol. The Hall–Kier alpha value is -2.62. The molecule has 1 aliphatic carbocycles. The first-order chi connectivity index (χ1) is 13.6. The van der Waals surface area contributed by atoms with Gasteiger partial charge in [-0.15, -0.1) is 0 Å². The summed E-state index contributed by atoms with van der Waals surface area (Å²) < 4.78 is 0. The summed E-state index contributed by atoms with van der Waals surface area (Å²) in [5, 5.41) is 3.21. The molecule has 1 fully saturated rings. The molecular weight excluding hydrogens is 348 g/mol. The van der Waals surface area contributed by atoms with Gasteiger partial charge in [0, 0.05) is 18.2 Å². The van der Waals surface area contributed by atoms with Gasteiger partial charge in [-0.2, -0.15) is 0 Å². The van der Waals surface area contributed by atoms with Gasteiger partial charge in [0.1, 0.15) is 0 Å². The first-order valence-corrected chi connectivity index (χ1v) is 10.4. The van der Waals surface area contributed by atoms with Gasteiger partial charge >= 0.3 is 0 Å². The monoisotopic (exact) mass is 376 g/mol. The van der Waals surface area contributed by atoms with Crippen LogP contribution in [-0.2, 0) is 11.3 Å². The van der Waals surface area contributed by atoms with Crippen LogP contribution in [0.3, 0.4) is 0 Å². The molecule has 1 heterocycles. The number of aryl methyl sites for hydroxylation is 1. The second kappa shape index (κ2) is 8.17. The van der Waals surface area contributed by atoms with Crippen LogP contribution in [0.15, 0.2) is 48.5 Å². The molecule has 2 aromatic carbocycles. The lowest BCUT2D eigenvalue weighted by Gasteiger charge is -2.29. The van der Waals surface area contributed by atoms with Gasteiger partial charge in [-0.3, -0.25) is 9.59 Å². The summed E-state index contributed by atoms with van der Waals surface area (Å²) in [5.41, 5.74) is 3.99. The van der Waals surface area contributed by atoms with Crippen molar-refractivity contribution in [1.82, 2.24) is 10.2 Å². The van der Waals surface area contributed by atoms with Gasteiger partial charge in [0.25, 0.3) is 5.91 Å². The highest BCUT2D eigenvalue weighted by atomic mass is 16.2. The third-order valence-corrected chi connectivity index (χ3v) is 6.04. The fourth-order valence-electron chi connectivity index (χ4n) is 4.43. The minimum absolute atomic E-state index is 0.0200. The van der Waals surface area contributed by atoms with Gasteiger partial charge in [0.05, 0.1) is 12.5 Å². The fraction of sp³-hybridized carbons (Fsp3) is 0.417. The zero-order valence-electron chi connectivity index (χ0n) is 16.5. The third-order valence-electron chi connectivity index (χ3n) is 6.04. The molecule has 1 N–H and O–H groups in total. The van der Waals surface area contributed by atoms with E-state index in [1.165, 1.54) is 24.8 Å². The smallest absolute Gasteiger partial charge is 0.255 e. The fourth-order valence-corrected chi connectivity index (χ4v) is 4.43. The number of benzene rings is 2. The van der Waals surface area contributed by atoms with Crippen LogP contribution in [0.5, 0.6) is 0 Å². The largest absolute Gasteiger partial charge is 0.353 e. The van der Waals surface area contributed by atoms with Crippen molar-refractivity contribution < 1.29 is 9.59 Å². The average Bonchev–Trinajstić information content (AvgIpc) is 3.04. The predicted octanol–water partition coefficient (Wildman–Crippen LogP) is 4.53. The van der Waals surface area contributed by atoms with Crippen LogP contribution in [0.4, 0.5) is 0 Å². The maximum Gasteiger partial charge on any atom is 0.255 e. The Labute approximate surface area is 166 Å². The van der Waals surface area contributed by atoms with Crippen molar-refractivity contribution in [2.24, 2.45) is 0 Å². The minimum atomic E-state index is -0.246. The second-order valence-electron chi connectivity index (χ2n) is 8.12. The van der Waals surface area contributed by atoms with Crippen LogP contribution in [-0.4, -0.2) is 22.8 Å². The van der Waals surface area contributed by atoms with Crippen molar-refractivity contribution >= 4 is 11.8 Å². The molecule has 4 rings (SSSR count). The molecule has 2 amide bonds. The number of hydrogen-bond donors (Lipinski definition) is 1. The number of fused-ring (bicyclic) bond motifs is 1. The number of amides is 2. The summed E-state index contributed by atoms with van der Waals surface area (Å²) in [6.07, 6.45) is 6.07. The van der Waals surface area contributed by atoms with Crippen LogP contribution in [0.25, 0.3) is 0 Å². The lowest BCUT2D eigenvalue weighted by atomic mass is 9.95. The lowest BCUT2D eigenvalue weighted by molar-refractivity contribution is -0.123. The van der Waals surface area contributed by atoms with E-state index in [0.717, 1.165) is 29.5 Å². The number of nitrogens with one attached hydrogen (secondary N) is 1. The molecule has 4 nitrogen and oxygen atoms in total. The Bertz CT molecular complexity index is 853. The van der Waals surface area contributed by atoms with Crippen LogP contribution < -0.4 is 5.32 Å². The van der Waals surface area contributed by atoms with Crippen LogP contribution in [0, 0.1) is 6.92 Å². The van der Waals surface area contributed by atoms with E-state index in [1.54, 1.807) is 0 Å². The Morgan fingerprint density at radius 3 is 2.50 bits per heavy atom. The molecule has 146 valence electrons. The van der Waals surface area contributed by atoms with Crippen LogP contribution in [0.2, 0.25) is 0 Å². The van der Waals surface area contributed by atoms with Gasteiger partial charge in [-0.25, -0.2) is 0 Å². The molecule has 0 saturated heterocycles. The van der Waals surface area contributed by atoms with Crippen molar-refractivity contribution in [3.05, 3.63) is 70.8 Å². The van der Waals surface area contributed by atoms with E-state index in [-0.39, 0.29) is 23.9 Å². The van der Waals surface area contributed by atoms with Crippen molar-refractivity contribution in [2.45, 2.75) is 64.1 Å². The zero-order chi connectivity index (χ0) is 19.5. The van der Waals surface area contributed by atoms with E-state index in [4.69, 9.17) is 0 Å². The molecule has 1 atom stereocenters. The topological polar surface area (TPSA) is 49.4 Å². The van der Waals surface area contributed by atoms with E-state index in [2.05, 4.69) is 17.4 Å². The molecule has 2 aromatic rings. The van der Waals surface area contributed by atoms with Crippen molar-refractivity contribution in [3.8, 4) is 0 Å². The summed E-state index contributed by atoms with van der Waals surface area (Å²) in [6, 6.07) is 16.0. The maximum absolute atomic E-state index is 13.0. The summed E-state index contributed by atoms with van der Waals surface area (Å²) in [7, 11) is 0. The van der Waals surface area contributed by atoms with Crippen molar-refractivity contribution in [1.29, 1.82) is 0 Å². The summed E-state index contributed by atoms with van der Waals surface area (Å²) in [4.78, 5) is 27.8. The van der Waals surface area contributed by atoms with Crippen molar-refractivity contribution in [3.63, 3.8) is 0 Å². The van der Waals surface area contributed by atoms with Crippen LogP contribution in [0.1, 0.15) is 71.6 Å². The van der Waals surface area contributed by atoms with Crippen molar-refractivity contribution in [2.75, 3.05) is 0 Å². The zero-order valence-corrected chi connectivity index (χ0v) is 16.5. The molecule has 1 aliphatic heterocycles. The van der Waals surface area contributed by atoms with E-state index in [9.17, 15) is 9.59 Å². The highest BCUT2D eigenvalue weighted by Gasteiger charge is 2.34. The first-order valence-electron chi connectivity index (χ1n) is 10.4. The highest BCUT2D eigenvalue weighted by Crippen LogP contribution is 2.33. The Morgan fingerprint density at radius 1 is 1.07 bits per heavy atom. The minimum Gasteiger partial charge on any atom is -0.353 e. The molecule has 1 unspecified atom stereocenters. The SMILES string of the molecule is Cc1ccc(C(CC(=O)NC2CCCCC2)N2Cc3ccccc3C2=O)cc1. The van der Waals surface area contributed by atoms with Crippen LogP contribution >= 0.6 is 0 Å². The number of hydrogen-bond acceptors (Lipinski definition) is 2. The molecule has 0 bridgehead atoms. The molecule has 0 spiro atoms. The first kappa shape index (κ1) is 18.7.